The van der Waals surface area contributed by atoms with Gasteiger partial charge in [0.15, 0.2) is 0 Å². The lowest BCUT2D eigenvalue weighted by Crippen LogP contribution is -2.22. The highest BCUT2D eigenvalue weighted by molar-refractivity contribution is 9.11. The first kappa shape index (κ1) is 11.0. The molecule has 1 aliphatic rings. The molecule has 0 aromatic carbocycles. The monoisotopic (exact) mass is 292 g/mol. The van der Waals surface area contributed by atoms with Gasteiger partial charge in [-0.1, -0.05) is 0 Å². The van der Waals surface area contributed by atoms with E-state index in [1.54, 1.807) is 11.3 Å². The van der Waals surface area contributed by atoms with Crippen molar-refractivity contribution >= 4 is 39.0 Å². The molecule has 78 valence electrons. The SMILES string of the molecule is OC(Cc1ccc(Br)s1)C1CCCS1. The minimum absolute atomic E-state index is 0.159. The number of aliphatic hydroxyl groups excluding tert-OH is 1. The van der Waals surface area contributed by atoms with E-state index in [-0.39, 0.29) is 6.10 Å². The topological polar surface area (TPSA) is 20.2 Å². The van der Waals surface area contributed by atoms with Crippen LogP contribution in [-0.4, -0.2) is 22.2 Å². The molecule has 2 atom stereocenters. The summed E-state index contributed by atoms with van der Waals surface area (Å²) in [7, 11) is 0. The third-order valence-electron chi connectivity index (χ3n) is 2.43. The molecule has 1 aliphatic heterocycles. The molecule has 0 saturated carbocycles. The highest BCUT2D eigenvalue weighted by Gasteiger charge is 2.24. The molecule has 2 heterocycles. The minimum Gasteiger partial charge on any atom is -0.392 e. The summed E-state index contributed by atoms with van der Waals surface area (Å²) in [6, 6.07) is 4.14. The van der Waals surface area contributed by atoms with Crippen LogP contribution in [0, 0.1) is 0 Å². The van der Waals surface area contributed by atoms with Gasteiger partial charge in [-0.2, -0.15) is 11.8 Å². The van der Waals surface area contributed by atoms with Crippen LogP contribution in [0.4, 0.5) is 0 Å². The zero-order valence-electron chi connectivity index (χ0n) is 7.78. The van der Waals surface area contributed by atoms with Crippen molar-refractivity contribution in [2.45, 2.75) is 30.6 Å². The second-order valence-electron chi connectivity index (χ2n) is 3.53. The van der Waals surface area contributed by atoms with Gasteiger partial charge in [-0.25, -0.2) is 0 Å². The lowest BCUT2D eigenvalue weighted by Gasteiger charge is -2.15. The van der Waals surface area contributed by atoms with Gasteiger partial charge >= 0.3 is 0 Å². The fourth-order valence-corrected chi connectivity index (χ4v) is 4.53. The fourth-order valence-electron chi connectivity index (χ4n) is 1.71. The molecule has 1 N–H and O–H groups in total. The predicted octanol–water partition coefficient (Wildman–Crippen LogP) is 3.31. The van der Waals surface area contributed by atoms with Crippen molar-refractivity contribution in [3.05, 3.63) is 20.8 Å². The maximum absolute atomic E-state index is 9.98. The van der Waals surface area contributed by atoms with Gasteiger partial charge in [-0.3, -0.25) is 0 Å². The Balaban J connectivity index is 1.90. The lowest BCUT2D eigenvalue weighted by atomic mass is 10.1. The summed E-state index contributed by atoms with van der Waals surface area (Å²) in [5.74, 6) is 1.22. The van der Waals surface area contributed by atoms with E-state index < -0.39 is 0 Å². The van der Waals surface area contributed by atoms with E-state index >= 15 is 0 Å². The molecule has 0 spiro atoms. The van der Waals surface area contributed by atoms with Crippen molar-refractivity contribution in [1.29, 1.82) is 0 Å². The Morgan fingerprint density at radius 2 is 2.43 bits per heavy atom. The van der Waals surface area contributed by atoms with E-state index in [1.165, 1.54) is 23.5 Å². The molecule has 1 aromatic heterocycles. The van der Waals surface area contributed by atoms with Crippen molar-refractivity contribution in [1.82, 2.24) is 0 Å². The summed E-state index contributed by atoms with van der Waals surface area (Å²) >= 11 is 7.08. The van der Waals surface area contributed by atoms with Gasteiger partial charge in [-0.05, 0) is 46.7 Å². The lowest BCUT2D eigenvalue weighted by molar-refractivity contribution is 0.171. The molecule has 1 nitrogen and oxygen atoms in total. The Bertz CT molecular complexity index is 294. The average molecular weight is 293 g/mol. The molecular formula is C10H13BrOS2. The zero-order chi connectivity index (χ0) is 9.97. The number of thiophene rings is 1. The molecule has 1 fully saturated rings. The van der Waals surface area contributed by atoms with Crippen molar-refractivity contribution in [3.8, 4) is 0 Å². The molecule has 0 bridgehead atoms. The van der Waals surface area contributed by atoms with Crippen molar-refractivity contribution < 1.29 is 5.11 Å². The summed E-state index contributed by atoms with van der Waals surface area (Å²) in [4.78, 5) is 1.27. The smallest absolute Gasteiger partial charge is 0.0706 e. The Kier molecular flexibility index (Phi) is 3.93. The maximum Gasteiger partial charge on any atom is 0.0706 e. The molecule has 14 heavy (non-hydrogen) atoms. The van der Waals surface area contributed by atoms with Gasteiger partial charge in [0.05, 0.1) is 9.89 Å². The third-order valence-corrected chi connectivity index (χ3v) is 5.58. The minimum atomic E-state index is -0.159. The fraction of sp³-hybridized carbons (Fsp3) is 0.600. The molecule has 0 aliphatic carbocycles. The second kappa shape index (κ2) is 5.01. The van der Waals surface area contributed by atoms with Crippen LogP contribution in [-0.2, 0) is 6.42 Å². The largest absolute Gasteiger partial charge is 0.392 e. The van der Waals surface area contributed by atoms with Crippen molar-refractivity contribution in [2.75, 3.05) is 5.75 Å². The van der Waals surface area contributed by atoms with Crippen LogP contribution in [0.15, 0.2) is 15.9 Å². The predicted molar refractivity (Wildman–Crippen MR) is 67.2 cm³/mol. The van der Waals surface area contributed by atoms with Crippen LogP contribution in [0.5, 0.6) is 0 Å². The Morgan fingerprint density at radius 3 is 3.00 bits per heavy atom. The van der Waals surface area contributed by atoms with E-state index in [2.05, 4.69) is 28.1 Å². The number of rotatable bonds is 3. The standard InChI is InChI=1S/C10H13BrOS2/c11-10-4-3-7(14-10)6-8(12)9-2-1-5-13-9/h3-4,8-9,12H,1-2,5-6H2. The van der Waals surface area contributed by atoms with E-state index in [0.717, 1.165) is 10.2 Å². The Morgan fingerprint density at radius 1 is 1.57 bits per heavy atom. The van der Waals surface area contributed by atoms with Crippen molar-refractivity contribution in [2.24, 2.45) is 0 Å². The number of aliphatic hydroxyl groups is 1. The number of hydrogen-bond acceptors (Lipinski definition) is 3. The number of hydrogen-bond donors (Lipinski definition) is 1. The number of halogens is 1. The van der Waals surface area contributed by atoms with Gasteiger partial charge in [0.1, 0.15) is 0 Å². The van der Waals surface area contributed by atoms with Gasteiger partial charge in [-0.15, -0.1) is 11.3 Å². The molecule has 0 radical (unpaired) electrons. The summed E-state index contributed by atoms with van der Waals surface area (Å²) in [5.41, 5.74) is 0. The van der Waals surface area contributed by atoms with E-state index in [9.17, 15) is 5.11 Å². The molecule has 4 heteroatoms. The summed E-state index contributed by atoms with van der Waals surface area (Å²) < 4.78 is 1.15. The molecule has 1 saturated heterocycles. The maximum atomic E-state index is 9.98. The summed E-state index contributed by atoms with van der Waals surface area (Å²) in [5, 5.41) is 10.5. The highest BCUT2D eigenvalue weighted by Crippen LogP contribution is 2.31. The first-order valence-electron chi connectivity index (χ1n) is 4.79. The van der Waals surface area contributed by atoms with Gasteiger partial charge < -0.3 is 5.11 Å². The van der Waals surface area contributed by atoms with Gasteiger partial charge in [0.2, 0.25) is 0 Å². The first-order valence-corrected chi connectivity index (χ1v) is 7.45. The second-order valence-corrected chi connectivity index (χ2v) is 7.42. The third kappa shape index (κ3) is 2.75. The average Bonchev–Trinajstić information content (AvgIpc) is 2.75. The van der Waals surface area contributed by atoms with E-state index in [0.29, 0.717) is 5.25 Å². The van der Waals surface area contributed by atoms with Crippen LogP contribution in [0.25, 0.3) is 0 Å². The van der Waals surface area contributed by atoms with Crippen LogP contribution < -0.4 is 0 Å². The molecule has 1 aromatic rings. The molecule has 0 amide bonds. The first-order chi connectivity index (χ1) is 6.75. The summed E-state index contributed by atoms with van der Waals surface area (Å²) in [6.07, 6.45) is 3.10. The van der Waals surface area contributed by atoms with Crippen LogP contribution in [0.2, 0.25) is 0 Å². The van der Waals surface area contributed by atoms with Gasteiger partial charge in [0, 0.05) is 16.5 Å². The normalized spacial score (nSPS) is 24.0. The Hall–Kier alpha value is 0.490. The van der Waals surface area contributed by atoms with Crippen LogP contribution >= 0.6 is 39.0 Å². The van der Waals surface area contributed by atoms with Crippen molar-refractivity contribution in [3.63, 3.8) is 0 Å². The zero-order valence-corrected chi connectivity index (χ0v) is 11.0. The summed E-state index contributed by atoms with van der Waals surface area (Å²) in [6.45, 7) is 0. The highest BCUT2D eigenvalue weighted by atomic mass is 79.9. The van der Waals surface area contributed by atoms with Crippen LogP contribution in [0.3, 0.4) is 0 Å². The van der Waals surface area contributed by atoms with Crippen LogP contribution in [0.1, 0.15) is 17.7 Å². The quantitative estimate of drug-likeness (QED) is 0.922. The molecular weight excluding hydrogens is 280 g/mol. The van der Waals surface area contributed by atoms with E-state index in [4.69, 9.17) is 0 Å². The Labute approximate surface area is 101 Å². The van der Waals surface area contributed by atoms with E-state index in [1.807, 2.05) is 11.8 Å². The molecule has 2 rings (SSSR count). The number of thioether (sulfide) groups is 1. The molecule has 2 unspecified atom stereocenters. The van der Waals surface area contributed by atoms with Gasteiger partial charge in [0.25, 0.3) is 0 Å².